The molecule has 17 heavy (non-hydrogen) atoms. The molecule has 0 saturated heterocycles. The van der Waals surface area contributed by atoms with Gasteiger partial charge >= 0.3 is 0 Å². The topological polar surface area (TPSA) is 9.23 Å². The minimum Gasteiger partial charge on any atom is -0.483 e. The number of benzene rings is 1. The van der Waals surface area contributed by atoms with Gasteiger partial charge in [-0.05, 0) is 43.4 Å². The summed E-state index contributed by atoms with van der Waals surface area (Å²) < 4.78 is 6.18. The van der Waals surface area contributed by atoms with Crippen LogP contribution in [0.3, 0.4) is 0 Å². The van der Waals surface area contributed by atoms with E-state index in [1.54, 1.807) is 0 Å². The summed E-state index contributed by atoms with van der Waals surface area (Å²) in [4.78, 5) is 0. The van der Waals surface area contributed by atoms with Crippen molar-refractivity contribution in [3.63, 3.8) is 0 Å². The molecule has 0 heterocycles. The highest BCUT2D eigenvalue weighted by Gasteiger charge is 2.30. The second-order valence-electron chi connectivity index (χ2n) is 5.01. The number of rotatable bonds is 3. The average molecular weight is 225 g/mol. The number of ether oxygens (including phenoxy) is 1. The first-order valence-electron chi connectivity index (χ1n) is 6.25. The van der Waals surface area contributed by atoms with Crippen LogP contribution in [0.25, 0.3) is 0 Å². The van der Waals surface area contributed by atoms with E-state index in [2.05, 4.69) is 37.6 Å². The molecule has 1 unspecified atom stereocenters. The molecule has 2 aliphatic carbocycles. The Hall–Kier alpha value is -1.50. The normalized spacial score (nSPS) is 27.1. The second-order valence-corrected chi connectivity index (χ2v) is 5.01. The molecule has 0 aromatic heterocycles. The van der Waals surface area contributed by atoms with Crippen LogP contribution < -0.4 is 4.74 Å². The smallest absolute Gasteiger partial charge is 0.132 e. The third-order valence-corrected chi connectivity index (χ3v) is 3.34. The second kappa shape index (κ2) is 4.06. The Kier molecular flexibility index (Phi) is 2.54. The van der Waals surface area contributed by atoms with E-state index in [1.807, 2.05) is 24.3 Å². The zero-order valence-corrected chi connectivity index (χ0v) is 10.1. The lowest BCUT2D eigenvalue weighted by atomic mass is 9.97. The molecular formula is C16H17O. The Balaban J connectivity index is 1.85. The number of hydrogen-bond donors (Lipinski definition) is 0. The van der Waals surface area contributed by atoms with Gasteiger partial charge in [-0.3, -0.25) is 0 Å². The summed E-state index contributed by atoms with van der Waals surface area (Å²) in [5.74, 6) is 1.76. The summed E-state index contributed by atoms with van der Waals surface area (Å²) in [5, 5.41) is 0. The van der Waals surface area contributed by atoms with Gasteiger partial charge in [0, 0.05) is 6.42 Å². The van der Waals surface area contributed by atoms with Crippen molar-refractivity contribution in [2.75, 3.05) is 0 Å². The van der Waals surface area contributed by atoms with Crippen molar-refractivity contribution in [2.24, 2.45) is 0 Å². The highest BCUT2D eigenvalue weighted by atomic mass is 16.5. The molecule has 0 amide bonds. The quantitative estimate of drug-likeness (QED) is 0.754. The predicted molar refractivity (Wildman–Crippen MR) is 70.0 cm³/mol. The van der Waals surface area contributed by atoms with E-state index in [4.69, 9.17) is 4.74 Å². The van der Waals surface area contributed by atoms with Gasteiger partial charge in [0.25, 0.3) is 0 Å². The van der Waals surface area contributed by atoms with Gasteiger partial charge in [-0.1, -0.05) is 36.4 Å². The molecule has 1 heteroatoms. The molecule has 1 aromatic carbocycles. The molecule has 1 fully saturated rings. The number of allylic oxidation sites excluding steroid dienone is 2. The minimum absolute atomic E-state index is 0.306. The van der Waals surface area contributed by atoms with Crippen LogP contribution in [-0.4, -0.2) is 5.60 Å². The van der Waals surface area contributed by atoms with Crippen molar-refractivity contribution < 1.29 is 4.74 Å². The highest BCUT2D eigenvalue weighted by Crippen LogP contribution is 2.45. The molecule has 2 aliphatic rings. The molecule has 0 bridgehead atoms. The summed E-state index contributed by atoms with van der Waals surface area (Å²) in [6, 6.07) is 8.42. The van der Waals surface area contributed by atoms with Crippen LogP contribution in [0, 0.1) is 6.42 Å². The molecule has 3 rings (SSSR count). The van der Waals surface area contributed by atoms with E-state index in [0.29, 0.717) is 0 Å². The third-order valence-electron chi connectivity index (χ3n) is 3.34. The maximum Gasteiger partial charge on any atom is 0.132 e. The van der Waals surface area contributed by atoms with Crippen LogP contribution in [0.1, 0.15) is 31.2 Å². The fourth-order valence-corrected chi connectivity index (χ4v) is 2.22. The summed E-state index contributed by atoms with van der Waals surface area (Å²) in [6.07, 6.45) is 12.9. The summed E-state index contributed by atoms with van der Waals surface area (Å²) in [5.41, 5.74) is 1.06. The van der Waals surface area contributed by atoms with Crippen molar-refractivity contribution in [2.45, 2.75) is 31.3 Å². The fourth-order valence-electron chi connectivity index (χ4n) is 2.22. The lowest BCUT2D eigenvalue weighted by molar-refractivity contribution is 0.177. The van der Waals surface area contributed by atoms with Crippen molar-refractivity contribution >= 4 is 0 Å². The van der Waals surface area contributed by atoms with Crippen LogP contribution in [0.2, 0.25) is 0 Å². The van der Waals surface area contributed by atoms with Crippen LogP contribution in [0.5, 0.6) is 5.75 Å². The van der Waals surface area contributed by atoms with Crippen molar-refractivity contribution in [3.8, 4) is 5.75 Å². The molecule has 1 radical (unpaired) electrons. The summed E-state index contributed by atoms with van der Waals surface area (Å²) in [7, 11) is 0. The van der Waals surface area contributed by atoms with Gasteiger partial charge < -0.3 is 4.74 Å². The largest absolute Gasteiger partial charge is 0.483 e. The standard InChI is InChI=1S/C16H17O/c1-16(11-5-2-6-12-16)17-15-8-4-3-7-14(15)13-9-10-13/h2-8,11-13H,9-10H2,1H3. The first-order valence-corrected chi connectivity index (χ1v) is 6.25. The van der Waals surface area contributed by atoms with E-state index in [-0.39, 0.29) is 5.60 Å². The predicted octanol–water partition coefficient (Wildman–Crippen LogP) is 4.03. The molecule has 0 aliphatic heterocycles. The van der Waals surface area contributed by atoms with E-state index >= 15 is 0 Å². The first-order chi connectivity index (χ1) is 8.27. The molecule has 0 spiro atoms. The third kappa shape index (κ3) is 2.28. The fraction of sp³-hybridized carbons (Fsp3) is 0.312. The van der Waals surface area contributed by atoms with Crippen molar-refractivity contribution in [1.29, 1.82) is 0 Å². The van der Waals surface area contributed by atoms with Gasteiger partial charge in [0.05, 0.1) is 0 Å². The SMILES string of the molecule is CC1(Oc2ccccc2C2CC2)[CH]C=CC=C1. The van der Waals surface area contributed by atoms with Crippen LogP contribution in [0.4, 0.5) is 0 Å². The zero-order chi connectivity index (χ0) is 11.7. The van der Waals surface area contributed by atoms with E-state index in [0.717, 1.165) is 11.7 Å². The Morgan fingerprint density at radius 1 is 1.12 bits per heavy atom. The average Bonchev–Trinajstić information content (AvgIpc) is 3.14. The Labute approximate surface area is 103 Å². The van der Waals surface area contributed by atoms with Gasteiger partial charge in [0.15, 0.2) is 0 Å². The Morgan fingerprint density at radius 2 is 1.94 bits per heavy atom. The molecule has 87 valence electrons. The van der Waals surface area contributed by atoms with Crippen molar-refractivity contribution in [3.05, 3.63) is 60.6 Å². The zero-order valence-electron chi connectivity index (χ0n) is 10.1. The Morgan fingerprint density at radius 3 is 2.65 bits per heavy atom. The molecule has 0 N–H and O–H groups in total. The summed E-state index contributed by atoms with van der Waals surface area (Å²) >= 11 is 0. The lowest BCUT2D eigenvalue weighted by Gasteiger charge is -2.28. The maximum atomic E-state index is 6.18. The van der Waals surface area contributed by atoms with Gasteiger partial charge in [-0.25, -0.2) is 0 Å². The van der Waals surface area contributed by atoms with Gasteiger partial charge in [-0.2, -0.15) is 0 Å². The minimum atomic E-state index is -0.306. The monoisotopic (exact) mass is 225 g/mol. The van der Waals surface area contributed by atoms with Crippen LogP contribution >= 0.6 is 0 Å². The van der Waals surface area contributed by atoms with Gasteiger partial charge in [0.1, 0.15) is 11.4 Å². The number of hydrogen-bond acceptors (Lipinski definition) is 1. The highest BCUT2D eigenvalue weighted by molar-refractivity contribution is 5.40. The van der Waals surface area contributed by atoms with Gasteiger partial charge in [-0.15, -0.1) is 0 Å². The van der Waals surface area contributed by atoms with Gasteiger partial charge in [0.2, 0.25) is 0 Å². The summed E-state index contributed by atoms with van der Waals surface area (Å²) in [6.45, 7) is 2.09. The molecule has 1 aromatic rings. The first kappa shape index (κ1) is 10.6. The Bertz CT molecular complexity index is 468. The molecule has 1 saturated carbocycles. The van der Waals surface area contributed by atoms with Crippen LogP contribution in [0.15, 0.2) is 48.6 Å². The molecular weight excluding hydrogens is 208 g/mol. The maximum absolute atomic E-state index is 6.18. The van der Waals surface area contributed by atoms with E-state index in [9.17, 15) is 0 Å². The van der Waals surface area contributed by atoms with E-state index < -0.39 is 0 Å². The van der Waals surface area contributed by atoms with Crippen molar-refractivity contribution in [1.82, 2.24) is 0 Å². The van der Waals surface area contributed by atoms with E-state index in [1.165, 1.54) is 18.4 Å². The van der Waals surface area contributed by atoms with Crippen LogP contribution in [-0.2, 0) is 0 Å². The molecule has 1 nitrogen and oxygen atoms in total. The number of para-hydroxylation sites is 1. The lowest BCUT2D eigenvalue weighted by Crippen LogP contribution is -2.31. The molecule has 1 atom stereocenters.